The molecule has 1 aromatic heterocycles. The summed E-state index contributed by atoms with van der Waals surface area (Å²) in [5.74, 6) is -1.05. The number of rotatable bonds is 7. The van der Waals surface area contributed by atoms with E-state index in [2.05, 4.69) is 4.98 Å². The number of hydrogen-bond donors (Lipinski definition) is 1. The molecule has 0 fully saturated rings. The van der Waals surface area contributed by atoms with Gasteiger partial charge in [-0.2, -0.15) is 0 Å². The minimum absolute atomic E-state index is 0.239. The molecule has 7 nitrogen and oxygen atoms in total. The number of carbonyl (C=O) groups excluding carboxylic acids is 1. The van der Waals surface area contributed by atoms with Crippen LogP contribution < -0.4 is 0 Å². The topological polar surface area (TPSA) is 83.0 Å². The Labute approximate surface area is 115 Å². The Kier molecular flexibility index (Phi) is 6.23. The lowest BCUT2D eigenvalue weighted by atomic mass is 10.4. The summed E-state index contributed by atoms with van der Waals surface area (Å²) < 4.78 is 4.87. The summed E-state index contributed by atoms with van der Waals surface area (Å²) in [5.41, 5.74) is 2.47. The van der Waals surface area contributed by atoms with E-state index in [1.165, 1.54) is 28.2 Å². The largest absolute Gasteiger partial charge is 0.480 e. The van der Waals surface area contributed by atoms with E-state index in [0.29, 0.717) is 13.2 Å². The van der Waals surface area contributed by atoms with Crippen molar-refractivity contribution in [3.8, 4) is 0 Å². The van der Waals surface area contributed by atoms with Gasteiger partial charge in [0.15, 0.2) is 0 Å². The molecule has 8 heteroatoms. The zero-order valence-electron chi connectivity index (χ0n) is 10.9. The average Bonchev–Trinajstić information content (AvgIpc) is 2.85. The number of hydrogen-bond acceptors (Lipinski definition) is 5. The Morgan fingerprint density at radius 1 is 1.53 bits per heavy atom. The van der Waals surface area contributed by atoms with Crippen molar-refractivity contribution < 1.29 is 19.4 Å². The lowest BCUT2D eigenvalue weighted by Gasteiger charge is -2.26. The number of carbonyl (C=O) groups is 2. The van der Waals surface area contributed by atoms with Gasteiger partial charge < -0.3 is 19.6 Å². The zero-order valence-corrected chi connectivity index (χ0v) is 11.7. The molecule has 1 rings (SSSR count). The minimum Gasteiger partial charge on any atom is -0.480 e. The summed E-state index contributed by atoms with van der Waals surface area (Å²) in [6.07, 6.45) is 0. The third-order valence-corrected chi connectivity index (χ3v) is 3.01. The summed E-state index contributed by atoms with van der Waals surface area (Å²) in [6, 6.07) is -0.354. The second kappa shape index (κ2) is 7.70. The number of methoxy groups -OCH3 is 1. The molecule has 0 saturated carbocycles. The van der Waals surface area contributed by atoms with Gasteiger partial charge in [-0.05, 0) is 0 Å². The second-order valence-corrected chi connectivity index (χ2v) is 4.65. The smallest absolute Gasteiger partial charge is 0.323 e. The van der Waals surface area contributed by atoms with Crippen LogP contribution >= 0.6 is 11.3 Å². The average molecular weight is 287 g/mol. The third-order valence-electron chi connectivity index (χ3n) is 2.37. The van der Waals surface area contributed by atoms with Crippen molar-refractivity contribution >= 4 is 23.3 Å². The lowest BCUT2D eigenvalue weighted by molar-refractivity contribution is -0.137. The first-order valence-corrected chi connectivity index (χ1v) is 6.56. The molecule has 1 heterocycles. The lowest BCUT2D eigenvalue weighted by Crippen LogP contribution is -2.44. The van der Waals surface area contributed by atoms with Crippen LogP contribution in [0.3, 0.4) is 0 Å². The Morgan fingerprint density at radius 3 is 2.79 bits per heavy atom. The van der Waals surface area contributed by atoms with Gasteiger partial charge in [0.1, 0.15) is 6.54 Å². The van der Waals surface area contributed by atoms with Crippen LogP contribution in [0.25, 0.3) is 0 Å². The molecule has 0 spiro atoms. The Morgan fingerprint density at radius 2 is 2.26 bits per heavy atom. The van der Waals surface area contributed by atoms with Crippen molar-refractivity contribution in [3.63, 3.8) is 0 Å². The number of thiazole rings is 1. The molecule has 1 N–H and O–H groups in total. The highest BCUT2D eigenvalue weighted by atomic mass is 32.1. The van der Waals surface area contributed by atoms with Crippen LogP contribution in [0, 0.1) is 0 Å². The van der Waals surface area contributed by atoms with Crippen molar-refractivity contribution in [2.24, 2.45) is 0 Å². The normalized spacial score (nSPS) is 10.2. The zero-order chi connectivity index (χ0) is 14.3. The van der Waals surface area contributed by atoms with Gasteiger partial charge in [-0.25, -0.2) is 9.78 Å². The van der Waals surface area contributed by atoms with Gasteiger partial charge in [0.25, 0.3) is 0 Å². The van der Waals surface area contributed by atoms with E-state index in [9.17, 15) is 9.59 Å². The van der Waals surface area contributed by atoms with E-state index in [0.717, 1.165) is 5.69 Å². The molecule has 0 unspecified atom stereocenters. The van der Waals surface area contributed by atoms with E-state index < -0.39 is 5.97 Å². The summed E-state index contributed by atoms with van der Waals surface area (Å²) in [7, 11) is 3.12. The fourth-order valence-corrected chi connectivity index (χ4v) is 2.02. The number of nitrogens with zero attached hydrogens (tertiary/aromatic N) is 3. The molecule has 0 saturated heterocycles. The fraction of sp³-hybridized carbons (Fsp3) is 0.545. The molecule has 1 aromatic rings. The predicted octanol–water partition coefficient (Wildman–Crippen LogP) is 0.728. The van der Waals surface area contributed by atoms with Crippen molar-refractivity contribution in [3.05, 3.63) is 16.6 Å². The monoisotopic (exact) mass is 287 g/mol. The molecule has 19 heavy (non-hydrogen) atoms. The van der Waals surface area contributed by atoms with Gasteiger partial charge >= 0.3 is 12.0 Å². The van der Waals surface area contributed by atoms with E-state index >= 15 is 0 Å². The van der Waals surface area contributed by atoms with Gasteiger partial charge in [0.05, 0.1) is 24.4 Å². The van der Waals surface area contributed by atoms with Crippen molar-refractivity contribution in [1.82, 2.24) is 14.8 Å². The SMILES string of the molecule is COCCN(CC(=O)O)C(=O)N(C)Cc1cscn1. The fourth-order valence-electron chi connectivity index (χ4n) is 1.47. The van der Waals surface area contributed by atoms with E-state index in [1.54, 1.807) is 12.6 Å². The van der Waals surface area contributed by atoms with Crippen LogP contribution in [-0.4, -0.2) is 65.7 Å². The molecule has 106 valence electrons. The van der Waals surface area contributed by atoms with E-state index in [-0.39, 0.29) is 19.1 Å². The number of carboxylic acid groups (broad SMARTS) is 1. The Balaban J connectivity index is 2.60. The maximum Gasteiger partial charge on any atom is 0.323 e. The number of carboxylic acids is 1. The molecule has 0 aromatic carbocycles. The third kappa shape index (κ3) is 5.23. The van der Waals surface area contributed by atoms with Gasteiger partial charge in [-0.15, -0.1) is 11.3 Å². The maximum absolute atomic E-state index is 12.1. The first-order valence-electron chi connectivity index (χ1n) is 5.62. The van der Waals surface area contributed by atoms with Crippen LogP contribution in [0.2, 0.25) is 0 Å². The summed E-state index contributed by atoms with van der Waals surface area (Å²) in [5, 5.41) is 10.7. The van der Waals surface area contributed by atoms with Gasteiger partial charge in [0.2, 0.25) is 0 Å². The molecule has 0 aliphatic carbocycles. The van der Waals surface area contributed by atoms with Crippen LogP contribution in [-0.2, 0) is 16.1 Å². The Bertz CT molecular complexity index is 410. The molecular weight excluding hydrogens is 270 g/mol. The van der Waals surface area contributed by atoms with Crippen LogP contribution in [0.5, 0.6) is 0 Å². The number of amides is 2. The molecule has 0 atom stereocenters. The standard InChI is InChI=1S/C11H17N3O4S/c1-13(5-9-7-19-8-12-9)11(17)14(3-4-18-2)6-10(15)16/h7-8H,3-6H2,1-2H3,(H,15,16). The van der Waals surface area contributed by atoms with Crippen molar-refractivity contribution in [2.75, 3.05) is 33.9 Å². The molecule has 2 amide bonds. The van der Waals surface area contributed by atoms with E-state index in [4.69, 9.17) is 9.84 Å². The molecule has 0 aliphatic heterocycles. The van der Waals surface area contributed by atoms with Crippen LogP contribution in [0.15, 0.2) is 10.9 Å². The number of urea groups is 1. The summed E-state index contributed by atoms with van der Waals surface area (Å²) in [4.78, 5) is 29.6. The first-order chi connectivity index (χ1) is 9.04. The van der Waals surface area contributed by atoms with Gasteiger partial charge in [-0.1, -0.05) is 0 Å². The second-order valence-electron chi connectivity index (χ2n) is 3.93. The molecule has 0 aliphatic rings. The minimum atomic E-state index is -1.05. The highest BCUT2D eigenvalue weighted by Crippen LogP contribution is 2.06. The van der Waals surface area contributed by atoms with Crippen LogP contribution in [0.4, 0.5) is 4.79 Å². The van der Waals surface area contributed by atoms with Crippen LogP contribution in [0.1, 0.15) is 5.69 Å². The van der Waals surface area contributed by atoms with Gasteiger partial charge in [0, 0.05) is 26.1 Å². The van der Waals surface area contributed by atoms with E-state index in [1.807, 2.05) is 5.38 Å². The van der Waals surface area contributed by atoms with Gasteiger partial charge in [-0.3, -0.25) is 4.79 Å². The number of aliphatic carboxylic acids is 1. The molecule has 0 radical (unpaired) electrons. The van der Waals surface area contributed by atoms with Crippen molar-refractivity contribution in [2.45, 2.75) is 6.54 Å². The number of ether oxygens (including phenoxy) is 1. The highest BCUT2D eigenvalue weighted by Gasteiger charge is 2.20. The highest BCUT2D eigenvalue weighted by molar-refractivity contribution is 7.07. The molecule has 0 bridgehead atoms. The van der Waals surface area contributed by atoms with Crippen molar-refractivity contribution in [1.29, 1.82) is 0 Å². The maximum atomic E-state index is 12.1. The Hall–Kier alpha value is -1.67. The first kappa shape index (κ1) is 15.4. The predicted molar refractivity (Wildman–Crippen MR) is 70.1 cm³/mol. The molecular formula is C11H17N3O4S. The summed E-state index contributed by atoms with van der Waals surface area (Å²) >= 11 is 1.45. The quantitative estimate of drug-likeness (QED) is 0.799. The summed E-state index contributed by atoms with van der Waals surface area (Å²) in [6.45, 7) is 0.543. The number of aromatic nitrogens is 1.